The molecule has 31 heavy (non-hydrogen) atoms. The second-order valence-electron chi connectivity index (χ2n) is 6.82. The maximum Gasteiger partial charge on any atom is 0.262 e. The lowest BCUT2D eigenvalue weighted by molar-refractivity contribution is -0.114. The quantitative estimate of drug-likeness (QED) is 0.365. The normalized spacial score (nSPS) is 10.8. The van der Waals surface area contributed by atoms with Gasteiger partial charge in [0.05, 0.1) is 21.6 Å². The molecule has 0 bridgehead atoms. The third-order valence-corrected chi connectivity index (χ3v) is 5.15. The van der Waals surface area contributed by atoms with E-state index in [0.29, 0.717) is 52.4 Å². The highest BCUT2D eigenvalue weighted by molar-refractivity contribution is 7.71. The van der Waals surface area contributed by atoms with Crippen molar-refractivity contribution in [1.29, 1.82) is 0 Å². The van der Waals surface area contributed by atoms with E-state index in [0.717, 1.165) is 0 Å². The summed E-state index contributed by atoms with van der Waals surface area (Å²) in [4.78, 5) is 39.6. The van der Waals surface area contributed by atoms with Crippen LogP contribution in [0.1, 0.15) is 23.7 Å². The van der Waals surface area contributed by atoms with Gasteiger partial charge >= 0.3 is 0 Å². The van der Waals surface area contributed by atoms with Gasteiger partial charge in [0.1, 0.15) is 0 Å². The number of anilines is 2. The summed E-state index contributed by atoms with van der Waals surface area (Å²) in [5, 5.41) is 6.08. The Balaban J connectivity index is 1.84. The van der Waals surface area contributed by atoms with Crippen LogP contribution in [-0.4, -0.2) is 35.1 Å². The number of halogens is 1. The van der Waals surface area contributed by atoms with Crippen molar-refractivity contribution >= 4 is 57.9 Å². The van der Waals surface area contributed by atoms with Crippen molar-refractivity contribution in [2.24, 2.45) is 0 Å². The molecule has 8 nitrogen and oxygen atoms in total. The molecule has 10 heteroatoms. The predicted molar refractivity (Wildman–Crippen MR) is 124 cm³/mol. The van der Waals surface area contributed by atoms with Gasteiger partial charge in [0.15, 0.2) is 4.77 Å². The molecule has 0 atom stereocenters. The van der Waals surface area contributed by atoms with Crippen LogP contribution in [0.2, 0.25) is 5.02 Å². The first-order chi connectivity index (χ1) is 14.8. The molecule has 0 aliphatic rings. The van der Waals surface area contributed by atoms with Gasteiger partial charge in [-0.2, -0.15) is 0 Å². The number of H-pyrrole nitrogens is 1. The minimum atomic E-state index is -0.381. The number of carbonyl (C=O) groups excluding carboxylic acids is 2. The SMILES string of the molecule is COCCCn1c(=S)[nH]c2cc(C(=O)Nc3ccc(NC(C)=O)c(Cl)c3)ccc2c1=O. The molecule has 0 spiro atoms. The summed E-state index contributed by atoms with van der Waals surface area (Å²) in [6.45, 7) is 2.34. The van der Waals surface area contributed by atoms with E-state index >= 15 is 0 Å². The molecule has 3 N–H and O–H groups in total. The van der Waals surface area contributed by atoms with Crippen molar-refractivity contribution in [1.82, 2.24) is 9.55 Å². The molecule has 0 saturated carbocycles. The first-order valence-corrected chi connectivity index (χ1v) is 10.2. The van der Waals surface area contributed by atoms with Crippen molar-refractivity contribution < 1.29 is 14.3 Å². The Labute approximate surface area is 188 Å². The van der Waals surface area contributed by atoms with Gasteiger partial charge in [0.2, 0.25) is 5.91 Å². The van der Waals surface area contributed by atoms with E-state index in [1.807, 2.05) is 0 Å². The summed E-state index contributed by atoms with van der Waals surface area (Å²) in [6.07, 6.45) is 0.656. The molecule has 2 aromatic carbocycles. The number of amides is 2. The van der Waals surface area contributed by atoms with Crippen molar-refractivity contribution in [2.75, 3.05) is 24.4 Å². The number of ether oxygens (including phenoxy) is 1. The first-order valence-electron chi connectivity index (χ1n) is 9.44. The van der Waals surface area contributed by atoms with Crippen LogP contribution < -0.4 is 16.2 Å². The molecule has 0 fully saturated rings. The molecule has 0 unspecified atom stereocenters. The molecule has 0 aliphatic carbocycles. The van der Waals surface area contributed by atoms with Crippen LogP contribution in [-0.2, 0) is 16.1 Å². The monoisotopic (exact) mass is 460 g/mol. The number of hydrogen-bond acceptors (Lipinski definition) is 5. The average Bonchev–Trinajstić information content (AvgIpc) is 2.71. The summed E-state index contributed by atoms with van der Waals surface area (Å²) in [5.41, 5.74) is 1.52. The molecule has 3 rings (SSSR count). The van der Waals surface area contributed by atoms with E-state index in [-0.39, 0.29) is 22.1 Å². The Morgan fingerprint density at radius 1 is 1.19 bits per heavy atom. The fraction of sp³-hybridized carbons (Fsp3) is 0.238. The topological polar surface area (TPSA) is 105 Å². The van der Waals surface area contributed by atoms with Crippen molar-refractivity contribution in [3.05, 3.63) is 62.1 Å². The fourth-order valence-electron chi connectivity index (χ4n) is 3.05. The third-order valence-electron chi connectivity index (χ3n) is 4.51. The molecule has 1 aromatic heterocycles. The van der Waals surface area contributed by atoms with Gasteiger partial charge in [-0.3, -0.25) is 19.0 Å². The maximum absolute atomic E-state index is 12.8. The molecule has 162 valence electrons. The second-order valence-corrected chi connectivity index (χ2v) is 7.62. The zero-order chi connectivity index (χ0) is 22.5. The van der Waals surface area contributed by atoms with Crippen LogP contribution in [0.3, 0.4) is 0 Å². The molecule has 0 radical (unpaired) electrons. The minimum Gasteiger partial charge on any atom is -0.385 e. The predicted octanol–water partition coefficient (Wildman–Crippen LogP) is 3.96. The number of methoxy groups -OCH3 is 1. The highest BCUT2D eigenvalue weighted by Crippen LogP contribution is 2.26. The fourth-order valence-corrected chi connectivity index (χ4v) is 3.56. The summed E-state index contributed by atoms with van der Waals surface area (Å²) >= 11 is 11.5. The van der Waals surface area contributed by atoms with Crippen LogP contribution in [0.15, 0.2) is 41.2 Å². The third kappa shape index (κ3) is 5.38. The number of aromatic amines is 1. The number of hydrogen-bond donors (Lipinski definition) is 3. The molecular formula is C21H21ClN4O4S. The van der Waals surface area contributed by atoms with Crippen molar-refractivity contribution in [3.63, 3.8) is 0 Å². The highest BCUT2D eigenvalue weighted by atomic mass is 35.5. The second kappa shape index (κ2) is 9.86. The number of nitrogens with one attached hydrogen (secondary N) is 3. The number of benzene rings is 2. The lowest BCUT2D eigenvalue weighted by atomic mass is 10.1. The van der Waals surface area contributed by atoms with E-state index in [1.165, 1.54) is 17.6 Å². The zero-order valence-corrected chi connectivity index (χ0v) is 18.5. The van der Waals surface area contributed by atoms with Gasteiger partial charge < -0.3 is 20.4 Å². The van der Waals surface area contributed by atoms with Gasteiger partial charge in [-0.25, -0.2) is 0 Å². The minimum absolute atomic E-state index is 0.220. The van der Waals surface area contributed by atoms with Crippen molar-refractivity contribution in [3.8, 4) is 0 Å². The largest absolute Gasteiger partial charge is 0.385 e. The Morgan fingerprint density at radius 2 is 1.97 bits per heavy atom. The maximum atomic E-state index is 12.8. The van der Waals surface area contributed by atoms with Crippen LogP contribution in [0.25, 0.3) is 10.9 Å². The van der Waals surface area contributed by atoms with E-state index in [9.17, 15) is 14.4 Å². The van der Waals surface area contributed by atoms with Crippen LogP contribution in [0, 0.1) is 4.77 Å². The number of rotatable bonds is 7. The molecule has 2 amide bonds. The summed E-state index contributed by atoms with van der Waals surface area (Å²) in [7, 11) is 1.60. The van der Waals surface area contributed by atoms with Crippen LogP contribution in [0.4, 0.5) is 11.4 Å². The molecule has 3 aromatic rings. The number of carbonyl (C=O) groups is 2. The molecule has 1 heterocycles. The summed E-state index contributed by atoms with van der Waals surface area (Å²) in [6, 6.07) is 9.51. The zero-order valence-electron chi connectivity index (χ0n) is 17.0. The Hall–Kier alpha value is -3.01. The summed E-state index contributed by atoms with van der Waals surface area (Å²) < 4.78 is 6.79. The van der Waals surface area contributed by atoms with Gasteiger partial charge in [0, 0.05) is 38.4 Å². The number of nitrogens with zero attached hydrogens (tertiary/aromatic N) is 1. The van der Waals surface area contributed by atoms with Crippen LogP contribution >= 0.6 is 23.8 Å². The first kappa shape index (κ1) is 22.7. The van der Waals surface area contributed by atoms with Crippen molar-refractivity contribution in [2.45, 2.75) is 19.9 Å². The lowest BCUT2D eigenvalue weighted by Crippen LogP contribution is -2.23. The van der Waals surface area contributed by atoms with Gasteiger partial charge in [-0.05, 0) is 55.0 Å². The average molecular weight is 461 g/mol. The number of aromatic nitrogens is 2. The van der Waals surface area contributed by atoms with E-state index < -0.39 is 0 Å². The Morgan fingerprint density at radius 3 is 2.65 bits per heavy atom. The molecule has 0 saturated heterocycles. The molecule has 0 aliphatic heterocycles. The van der Waals surface area contributed by atoms with Gasteiger partial charge in [-0.15, -0.1) is 0 Å². The number of fused-ring (bicyclic) bond motifs is 1. The lowest BCUT2D eigenvalue weighted by Gasteiger charge is -2.11. The Bertz CT molecular complexity index is 1270. The van der Waals surface area contributed by atoms with Crippen LogP contribution in [0.5, 0.6) is 0 Å². The highest BCUT2D eigenvalue weighted by Gasteiger charge is 2.12. The summed E-state index contributed by atoms with van der Waals surface area (Å²) in [5.74, 6) is -0.626. The van der Waals surface area contributed by atoms with E-state index in [4.69, 9.17) is 28.6 Å². The van der Waals surface area contributed by atoms with Gasteiger partial charge in [-0.1, -0.05) is 11.6 Å². The van der Waals surface area contributed by atoms with E-state index in [2.05, 4.69) is 15.6 Å². The van der Waals surface area contributed by atoms with E-state index in [1.54, 1.807) is 37.4 Å². The van der Waals surface area contributed by atoms with Gasteiger partial charge in [0.25, 0.3) is 11.5 Å². The molecular weight excluding hydrogens is 440 g/mol. The standard InChI is InChI=1S/C21H21ClN4O4S/c1-12(27)23-17-7-5-14(11-16(17)22)24-19(28)13-4-6-15-18(10-13)25-21(31)26(20(15)29)8-3-9-30-2/h4-7,10-11H,3,8-9H2,1-2H3,(H,23,27)(H,24,28)(H,25,31). The smallest absolute Gasteiger partial charge is 0.262 e. The Kier molecular flexibility index (Phi) is 7.21.